The summed E-state index contributed by atoms with van der Waals surface area (Å²) in [6.07, 6.45) is 3.19. The van der Waals surface area contributed by atoms with Gasteiger partial charge in [-0.2, -0.15) is 0 Å². The fourth-order valence-corrected chi connectivity index (χ4v) is 3.89. The van der Waals surface area contributed by atoms with Crippen molar-refractivity contribution in [2.45, 2.75) is 13.0 Å². The molecule has 0 aliphatic carbocycles. The van der Waals surface area contributed by atoms with Crippen molar-refractivity contribution in [1.82, 2.24) is 19.9 Å². The van der Waals surface area contributed by atoms with E-state index in [1.807, 2.05) is 0 Å². The molecular formula is C19H16Cl3FN6. The van der Waals surface area contributed by atoms with Gasteiger partial charge in [-0.1, -0.05) is 29.3 Å². The van der Waals surface area contributed by atoms with Gasteiger partial charge in [0.2, 0.25) is 5.28 Å². The monoisotopic (exact) mass is 452 g/mol. The third-order valence-electron chi connectivity index (χ3n) is 4.76. The van der Waals surface area contributed by atoms with Crippen molar-refractivity contribution < 1.29 is 4.39 Å². The van der Waals surface area contributed by atoms with Gasteiger partial charge < -0.3 is 9.80 Å². The minimum Gasteiger partial charge on any atom is -0.350 e. The van der Waals surface area contributed by atoms with E-state index in [0.29, 0.717) is 47.7 Å². The second-order valence-electron chi connectivity index (χ2n) is 6.67. The summed E-state index contributed by atoms with van der Waals surface area (Å²) in [6, 6.07) is 6.43. The van der Waals surface area contributed by atoms with Crippen LogP contribution in [0, 0.1) is 5.82 Å². The topological polar surface area (TPSA) is 58.0 Å². The number of nitrogens with zero attached hydrogens (tertiary/aromatic N) is 6. The van der Waals surface area contributed by atoms with E-state index in [-0.39, 0.29) is 16.3 Å². The maximum atomic E-state index is 13.9. The highest BCUT2D eigenvalue weighted by Crippen LogP contribution is 2.29. The van der Waals surface area contributed by atoms with E-state index in [1.54, 1.807) is 24.5 Å². The average molecular weight is 454 g/mol. The summed E-state index contributed by atoms with van der Waals surface area (Å²) in [5, 5.41) is 0.534. The maximum absolute atomic E-state index is 13.9. The van der Waals surface area contributed by atoms with Gasteiger partial charge in [0, 0.05) is 49.7 Å². The Labute approximate surface area is 182 Å². The molecule has 0 saturated carbocycles. The molecule has 29 heavy (non-hydrogen) atoms. The molecule has 150 valence electrons. The van der Waals surface area contributed by atoms with Gasteiger partial charge in [-0.05, 0) is 30.7 Å². The lowest BCUT2D eigenvalue weighted by Crippen LogP contribution is -2.52. The Bertz CT molecular complexity index is 1050. The molecule has 6 nitrogen and oxygen atoms in total. The van der Waals surface area contributed by atoms with Crippen LogP contribution >= 0.6 is 34.8 Å². The normalized spacial score (nSPS) is 16.9. The van der Waals surface area contributed by atoms with E-state index in [4.69, 9.17) is 34.8 Å². The van der Waals surface area contributed by atoms with Crippen molar-refractivity contribution in [2.75, 3.05) is 29.4 Å². The van der Waals surface area contributed by atoms with Gasteiger partial charge in [-0.25, -0.2) is 24.3 Å². The van der Waals surface area contributed by atoms with Crippen LogP contribution in [0.5, 0.6) is 0 Å². The minimum absolute atomic E-state index is 0.0570. The van der Waals surface area contributed by atoms with Crippen LogP contribution in [-0.4, -0.2) is 45.6 Å². The molecule has 3 heterocycles. The zero-order chi connectivity index (χ0) is 20.5. The van der Waals surface area contributed by atoms with E-state index in [1.165, 1.54) is 12.1 Å². The lowest BCUT2D eigenvalue weighted by molar-refractivity contribution is 0.542. The van der Waals surface area contributed by atoms with Crippen LogP contribution in [0.15, 0.2) is 36.7 Å². The predicted molar refractivity (Wildman–Crippen MR) is 114 cm³/mol. The maximum Gasteiger partial charge on any atom is 0.224 e. The second-order valence-corrected chi connectivity index (χ2v) is 7.77. The van der Waals surface area contributed by atoms with Gasteiger partial charge in [-0.3, -0.25) is 0 Å². The average Bonchev–Trinajstić information content (AvgIpc) is 2.70. The van der Waals surface area contributed by atoms with Gasteiger partial charge >= 0.3 is 0 Å². The van der Waals surface area contributed by atoms with Crippen LogP contribution in [0.4, 0.5) is 16.0 Å². The molecule has 0 bridgehead atoms. The standard InChI is InChI=1S/C19H16Cl3FN6/c1-11-10-28(18-17(21)24-4-5-25-18)6-7-29(11)16-9-15(26-19(22)27-16)12-2-3-13(20)14(23)8-12/h2-5,8-9,11H,6-7,10H2,1H3. The van der Waals surface area contributed by atoms with Crippen molar-refractivity contribution in [3.05, 3.63) is 57.9 Å². The van der Waals surface area contributed by atoms with E-state index in [0.717, 1.165) is 0 Å². The molecular weight excluding hydrogens is 438 g/mol. The summed E-state index contributed by atoms with van der Waals surface area (Å²) in [5.74, 6) is 0.828. The molecule has 1 aliphatic rings. The molecule has 0 amide bonds. The Morgan fingerprint density at radius 2 is 1.83 bits per heavy atom. The first-order chi connectivity index (χ1) is 13.9. The van der Waals surface area contributed by atoms with Crippen LogP contribution in [0.1, 0.15) is 6.92 Å². The molecule has 1 aromatic carbocycles. The highest BCUT2D eigenvalue weighted by molar-refractivity contribution is 6.31. The molecule has 3 aromatic rings. The summed E-state index contributed by atoms with van der Waals surface area (Å²) in [6.45, 7) is 4.13. The fraction of sp³-hybridized carbons (Fsp3) is 0.263. The Hall–Kier alpha value is -2.22. The second kappa shape index (κ2) is 8.26. The molecule has 4 rings (SSSR count). The quantitative estimate of drug-likeness (QED) is 0.534. The predicted octanol–water partition coefficient (Wildman–Crippen LogP) is 4.75. The number of hydrogen-bond acceptors (Lipinski definition) is 6. The van der Waals surface area contributed by atoms with E-state index in [9.17, 15) is 4.39 Å². The summed E-state index contributed by atoms with van der Waals surface area (Å²) in [7, 11) is 0. The van der Waals surface area contributed by atoms with Gasteiger partial charge in [-0.15, -0.1) is 0 Å². The minimum atomic E-state index is -0.511. The number of rotatable bonds is 3. The highest BCUT2D eigenvalue weighted by atomic mass is 35.5. The highest BCUT2D eigenvalue weighted by Gasteiger charge is 2.27. The summed E-state index contributed by atoms with van der Waals surface area (Å²) >= 11 is 18.1. The molecule has 10 heteroatoms. The summed E-state index contributed by atoms with van der Waals surface area (Å²) in [5.41, 5.74) is 1.11. The number of hydrogen-bond donors (Lipinski definition) is 0. The number of anilines is 2. The third kappa shape index (κ3) is 4.22. The van der Waals surface area contributed by atoms with Gasteiger partial charge in [0.05, 0.1) is 10.7 Å². The van der Waals surface area contributed by atoms with Gasteiger partial charge in [0.1, 0.15) is 11.6 Å². The largest absolute Gasteiger partial charge is 0.350 e. The van der Waals surface area contributed by atoms with Crippen molar-refractivity contribution in [3.8, 4) is 11.3 Å². The molecule has 1 fully saturated rings. The van der Waals surface area contributed by atoms with E-state index in [2.05, 4.69) is 36.7 Å². The Balaban J connectivity index is 1.60. The molecule has 1 saturated heterocycles. The first kappa shape index (κ1) is 20.1. The third-order valence-corrected chi connectivity index (χ3v) is 5.50. The van der Waals surface area contributed by atoms with Crippen molar-refractivity contribution in [2.24, 2.45) is 0 Å². The SMILES string of the molecule is CC1CN(c2nccnc2Cl)CCN1c1cc(-c2ccc(Cl)c(F)c2)nc(Cl)n1. The Kier molecular flexibility index (Phi) is 5.72. The van der Waals surface area contributed by atoms with Crippen LogP contribution < -0.4 is 9.80 Å². The number of aromatic nitrogens is 4. The fourth-order valence-electron chi connectivity index (χ4n) is 3.37. The lowest BCUT2D eigenvalue weighted by atomic mass is 10.1. The molecule has 2 aromatic heterocycles. The summed E-state index contributed by atoms with van der Waals surface area (Å²) < 4.78 is 13.9. The van der Waals surface area contributed by atoms with Crippen molar-refractivity contribution in [3.63, 3.8) is 0 Å². The van der Waals surface area contributed by atoms with E-state index >= 15 is 0 Å². The number of piperazine rings is 1. The Morgan fingerprint density at radius 1 is 1.03 bits per heavy atom. The van der Waals surface area contributed by atoms with E-state index < -0.39 is 5.82 Å². The first-order valence-electron chi connectivity index (χ1n) is 8.90. The van der Waals surface area contributed by atoms with Crippen LogP contribution in [0.25, 0.3) is 11.3 Å². The lowest BCUT2D eigenvalue weighted by Gasteiger charge is -2.41. The zero-order valence-electron chi connectivity index (χ0n) is 15.4. The van der Waals surface area contributed by atoms with Crippen LogP contribution in [0.2, 0.25) is 15.5 Å². The summed E-state index contributed by atoms with van der Waals surface area (Å²) in [4.78, 5) is 21.3. The molecule has 0 spiro atoms. The molecule has 1 atom stereocenters. The molecule has 0 N–H and O–H groups in total. The number of benzene rings is 1. The van der Waals surface area contributed by atoms with Gasteiger partial charge in [0.25, 0.3) is 0 Å². The molecule has 0 radical (unpaired) electrons. The Morgan fingerprint density at radius 3 is 2.55 bits per heavy atom. The number of halogens is 4. The van der Waals surface area contributed by atoms with Crippen molar-refractivity contribution >= 4 is 46.4 Å². The van der Waals surface area contributed by atoms with Crippen molar-refractivity contribution in [1.29, 1.82) is 0 Å². The van der Waals surface area contributed by atoms with Crippen LogP contribution in [-0.2, 0) is 0 Å². The zero-order valence-corrected chi connectivity index (χ0v) is 17.6. The molecule has 1 unspecified atom stereocenters. The smallest absolute Gasteiger partial charge is 0.224 e. The first-order valence-corrected chi connectivity index (χ1v) is 10.0. The molecule has 1 aliphatic heterocycles. The van der Waals surface area contributed by atoms with Gasteiger partial charge in [0.15, 0.2) is 11.0 Å². The van der Waals surface area contributed by atoms with Crippen LogP contribution in [0.3, 0.4) is 0 Å².